The van der Waals surface area contributed by atoms with E-state index in [4.69, 9.17) is 14.4 Å². The van der Waals surface area contributed by atoms with Gasteiger partial charge in [0.15, 0.2) is 5.58 Å². The van der Waals surface area contributed by atoms with Crippen molar-refractivity contribution in [3.8, 4) is 39.5 Å². The lowest BCUT2D eigenvalue weighted by Gasteiger charge is -2.21. The standard InChI is InChI=1S/C47H31N3O/c1-47(2)37-20-10-6-16-30(37)35-26-29(24-25-38(35)47)34-27-36-31-17-9-13-23-41(31)51-45(36)44-42(34)33-19-8-12-22-40(33)50(44)46-48-39-21-11-7-18-32(39)43(49-46)28-14-4-3-5-15-28/h3-27H,1-2H3. The fourth-order valence-electron chi connectivity index (χ4n) is 8.63. The smallest absolute Gasteiger partial charge is 0.235 e. The van der Waals surface area contributed by atoms with E-state index in [0.29, 0.717) is 5.95 Å². The Hall–Kier alpha value is -6.52. The summed E-state index contributed by atoms with van der Waals surface area (Å²) in [6.45, 7) is 4.67. The van der Waals surface area contributed by atoms with Crippen molar-refractivity contribution in [1.82, 2.24) is 14.5 Å². The van der Waals surface area contributed by atoms with Crippen molar-refractivity contribution in [2.45, 2.75) is 19.3 Å². The van der Waals surface area contributed by atoms with Crippen molar-refractivity contribution < 1.29 is 4.42 Å². The van der Waals surface area contributed by atoms with Crippen LogP contribution in [-0.2, 0) is 5.41 Å². The Morgan fingerprint density at radius 2 is 1.24 bits per heavy atom. The second-order valence-corrected chi connectivity index (χ2v) is 14.2. The quantitative estimate of drug-likeness (QED) is 0.191. The predicted octanol–water partition coefficient (Wildman–Crippen LogP) is 12.3. The summed E-state index contributed by atoms with van der Waals surface area (Å²) in [5, 5.41) is 5.43. The van der Waals surface area contributed by atoms with E-state index in [1.807, 2.05) is 18.2 Å². The van der Waals surface area contributed by atoms with Gasteiger partial charge in [0.2, 0.25) is 5.95 Å². The number of furan rings is 1. The second kappa shape index (κ2) is 10.3. The molecule has 1 aliphatic carbocycles. The molecule has 0 amide bonds. The molecule has 0 spiro atoms. The van der Waals surface area contributed by atoms with E-state index in [9.17, 15) is 0 Å². The molecule has 0 saturated carbocycles. The molecule has 3 heterocycles. The molecular formula is C47H31N3O. The molecule has 0 saturated heterocycles. The third-order valence-electron chi connectivity index (χ3n) is 11.0. The largest absolute Gasteiger partial charge is 0.454 e. The summed E-state index contributed by atoms with van der Waals surface area (Å²) in [4.78, 5) is 10.6. The third-order valence-corrected chi connectivity index (χ3v) is 11.0. The Morgan fingerprint density at radius 1 is 0.529 bits per heavy atom. The van der Waals surface area contributed by atoms with Crippen LogP contribution in [0, 0.1) is 0 Å². The van der Waals surface area contributed by atoms with Crippen molar-refractivity contribution in [1.29, 1.82) is 0 Å². The van der Waals surface area contributed by atoms with Crippen LogP contribution >= 0.6 is 0 Å². The zero-order valence-electron chi connectivity index (χ0n) is 28.2. The normalized spacial score (nSPS) is 13.5. The van der Waals surface area contributed by atoms with Crippen LogP contribution in [0.2, 0.25) is 0 Å². The highest BCUT2D eigenvalue weighted by atomic mass is 16.3. The number of benzene rings is 7. The van der Waals surface area contributed by atoms with Crippen LogP contribution in [0.4, 0.5) is 0 Å². The summed E-state index contributed by atoms with van der Waals surface area (Å²) in [6.07, 6.45) is 0. The van der Waals surface area contributed by atoms with Gasteiger partial charge in [0, 0.05) is 37.9 Å². The minimum absolute atomic E-state index is 0.0651. The first kappa shape index (κ1) is 28.3. The summed E-state index contributed by atoms with van der Waals surface area (Å²) in [7, 11) is 0. The Kier molecular flexibility index (Phi) is 5.70. The van der Waals surface area contributed by atoms with Gasteiger partial charge in [-0.3, -0.25) is 4.57 Å². The minimum Gasteiger partial charge on any atom is -0.454 e. The van der Waals surface area contributed by atoms with Crippen LogP contribution < -0.4 is 0 Å². The molecule has 0 N–H and O–H groups in total. The highest BCUT2D eigenvalue weighted by Crippen LogP contribution is 2.51. The average molecular weight is 654 g/mol. The number of hydrogen-bond acceptors (Lipinski definition) is 3. The summed E-state index contributed by atoms with van der Waals surface area (Å²) in [5.41, 5.74) is 14.1. The summed E-state index contributed by atoms with van der Waals surface area (Å²) in [5.74, 6) is 0.613. The molecule has 3 aromatic heterocycles. The van der Waals surface area contributed by atoms with Crippen molar-refractivity contribution in [2.24, 2.45) is 0 Å². The molecule has 0 bridgehead atoms. The fourth-order valence-corrected chi connectivity index (χ4v) is 8.63. The average Bonchev–Trinajstić information content (AvgIpc) is 3.80. The molecule has 0 aliphatic heterocycles. The van der Waals surface area contributed by atoms with Crippen LogP contribution in [0.15, 0.2) is 156 Å². The highest BCUT2D eigenvalue weighted by molar-refractivity contribution is 6.26. The third kappa shape index (κ3) is 3.90. The maximum Gasteiger partial charge on any atom is 0.235 e. The first-order chi connectivity index (χ1) is 25.1. The van der Waals surface area contributed by atoms with Crippen LogP contribution in [0.25, 0.3) is 94.1 Å². The lowest BCUT2D eigenvalue weighted by atomic mass is 9.82. The van der Waals surface area contributed by atoms with Crippen molar-refractivity contribution in [3.05, 3.63) is 163 Å². The summed E-state index contributed by atoms with van der Waals surface area (Å²) in [6, 6.07) is 53.9. The molecule has 7 aromatic carbocycles. The van der Waals surface area contributed by atoms with E-state index < -0.39 is 0 Å². The van der Waals surface area contributed by atoms with Crippen molar-refractivity contribution >= 4 is 54.6 Å². The van der Waals surface area contributed by atoms with E-state index >= 15 is 0 Å². The maximum absolute atomic E-state index is 6.82. The predicted molar refractivity (Wildman–Crippen MR) is 210 cm³/mol. The van der Waals surface area contributed by atoms with Gasteiger partial charge < -0.3 is 4.42 Å². The van der Waals surface area contributed by atoms with Crippen LogP contribution in [0.5, 0.6) is 0 Å². The number of rotatable bonds is 3. The number of para-hydroxylation sites is 3. The number of nitrogens with zero attached hydrogens (tertiary/aromatic N) is 3. The van der Waals surface area contributed by atoms with Gasteiger partial charge in [-0.2, -0.15) is 0 Å². The molecular weight excluding hydrogens is 623 g/mol. The SMILES string of the molecule is CC1(C)c2ccccc2-c2cc(-c3cc4c5ccccc5oc4c4c3c3ccccc3n4-c3nc(-c4ccccc4)c4ccccc4n3)ccc21. The van der Waals surface area contributed by atoms with Gasteiger partial charge in [-0.1, -0.05) is 135 Å². The first-order valence-electron chi connectivity index (χ1n) is 17.5. The maximum atomic E-state index is 6.82. The molecule has 0 radical (unpaired) electrons. The van der Waals surface area contributed by atoms with Crippen LogP contribution in [0.1, 0.15) is 25.0 Å². The van der Waals surface area contributed by atoms with Crippen molar-refractivity contribution in [3.63, 3.8) is 0 Å². The van der Waals surface area contributed by atoms with E-state index in [0.717, 1.165) is 71.5 Å². The number of hydrogen-bond donors (Lipinski definition) is 0. The van der Waals surface area contributed by atoms with Gasteiger partial charge >= 0.3 is 0 Å². The van der Waals surface area contributed by atoms with E-state index in [2.05, 4.69) is 152 Å². The Morgan fingerprint density at radius 3 is 2.12 bits per heavy atom. The van der Waals surface area contributed by atoms with Gasteiger partial charge in [-0.25, -0.2) is 9.97 Å². The lowest BCUT2D eigenvalue weighted by molar-refractivity contribution is 0.660. The molecule has 4 nitrogen and oxygen atoms in total. The molecule has 10 aromatic rings. The molecule has 240 valence electrons. The Balaban J connectivity index is 1.30. The van der Waals surface area contributed by atoms with E-state index in [1.54, 1.807) is 0 Å². The highest BCUT2D eigenvalue weighted by Gasteiger charge is 2.35. The zero-order valence-corrected chi connectivity index (χ0v) is 28.2. The molecule has 0 fully saturated rings. The zero-order chi connectivity index (χ0) is 33.8. The monoisotopic (exact) mass is 653 g/mol. The molecule has 0 unspecified atom stereocenters. The van der Waals surface area contributed by atoms with Gasteiger partial charge in [-0.05, 0) is 63.7 Å². The molecule has 51 heavy (non-hydrogen) atoms. The fraction of sp³-hybridized carbons (Fsp3) is 0.0638. The van der Waals surface area contributed by atoms with Crippen LogP contribution in [-0.4, -0.2) is 14.5 Å². The molecule has 11 rings (SSSR count). The first-order valence-corrected chi connectivity index (χ1v) is 17.5. The lowest BCUT2D eigenvalue weighted by Crippen LogP contribution is -2.14. The molecule has 1 aliphatic rings. The number of aromatic nitrogens is 3. The topological polar surface area (TPSA) is 43.9 Å². The van der Waals surface area contributed by atoms with Gasteiger partial charge in [0.05, 0.1) is 16.7 Å². The van der Waals surface area contributed by atoms with E-state index in [1.165, 1.54) is 27.8 Å². The summed E-state index contributed by atoms with van der Waals surface area (Å²) >= 11 is 0. The van der Waals surface area contributed by atoms with E-state index in [-0.39, 0.29) is 5.41 Å². The van der Waals surface area contributed by atoms with Crippen molar-refractivity contribution in [2.75, 3.05) is 0 Å². The van der Waals surface area contributed by atoms with Gasteiger partial charge in [0.1, 0.15) is 11.1 Å². The van der Waals surface area contributed by atoms with Gasteiger partial charge in [-0.15, -0.1) is 0 Å². The molecule has 0 atom stereocenters. The van der Waals surface area contributed by atoms with Crippen LogP contribution in [0.3, 0.4) is 0 Å². The Labute approximate surface area is 294 Å². The summed E-state index contributed by atoms with van der Waals surface area (Å²) < 4.78 is 9.05. The van der Waals surface area contributed by atoms with Gasteiger partial charge in [0.25, 0.3) is 0 Å². The minimum atomic E-state index is -0.0651. The second-order valence-electron chi connectivity index (χ2n) is 14.2. The number of fused-ring (bicyclic) bond motifs is 11. The Bertz CT molecular complexity index is 3060. The molecule has 4 heteroatoms.